The zero-order valence-corrected chi connectivity index (χ0v) is 17.4. The normalized spacial score (nSPS) is 15.2. The molecule has 0 spiro atoms. The van der Waals surface area contributed by atoms with Crippen molar-refractivity contribution < 1.29 is 9.59 Å². The van der Waals surface area contributed by atoms with Gasteiger partial charge in [0.1, 0.15) is 0 Å². The van der Waals surface area contributed by atoms with Gasteiger partial charge in [0, 0.05) is 63.1 Å². The minimum Gasteiger partial charge on any atom is -0.333 e. The minimum absolute atomic E-state index is 0.0899. The van der Waals surface area contributed by atoms with Gasteiger partial charge in [-0.25, -0.2) is 4.98 Å². The fraction of sp³-hybridized carbons (Fsp3) is 0.421. The van der Waals surface area contributed by atoms with E-state index in [-0.39, 0.29) is 5.56 Å². The molecule has 1 saturated heterocycles. The lowest BCUT2D eigenvalue weighted by molar-refractivity contribution is -0.128. The first-order chi connectivity index (χ1) is 13.8. The Morgan fingerprint density at radius 2 is 1.90 bits per heavy atom. The molecule has 10 heteroatoms. The Morgan fingerprint density at radius 1 is 1.17 bits per heavy atom. The third-order valence-corrected chi connectivity index (χ3v) is 6.09. The maximum atomic E-state index is 12.7. The van der Waals surface area contributed by atoms with E-state index in [0.717, 1.165) is 5.69 Å². The van der Waals surface area contributed by atoms with Gasteiger partial charge in [-0.2, -0.15) is 5.10 Å². The number of Topliss-reactive ketones (excluding diaryl/α,β-unsaturated/α-hetero) is 1. The highest BCUT2D eigenvalue weighted by atomic mass is 32.1. The molecule has 4 heterocycles. The van der Waals surface area contributed by atoms with Crippen LogP contribution < -0.4 is 5.56 Å². The number of aromatic nitrogens is 4. The van der Waals surface area contributed by atoms with E-state index in [2.05, 4.69) is 15.0 Å². The van der Waals surface area contributed by atoms with Gasteiger partial charge in [-0.3, -0.25) is 28.4 Å². The summed E-state index contributed by atoms with van der Waals surface area (Å²) in [6.45, 7) is 6.24. The van der Waals surface area contributed by atoms with E-state index < -0.39 is 11.7 Å². The van der Waals surface area contributed by atoms with Crippen LogP contribution in [0.5, 0.6) is 0 Å². The Kier molecular flexibility index (Phi) is 5.05. The Bertz CT molecular complexity index is 1150. The molecule has 1 aliphatic rings. The average molecular weight is 414 g/mol. The molecule has 0 saturated carbocycles. The Hall–Kier alpha value is -2.85. The molecule has 152 valence electrons. The highest BCUT2D eigenvalue weighted by molar-refractivity contribution is 7.15. The number of amides is 1. The summed E-state index contributed by atoms with van der Waals surface area (Å²) in [4.78, 5) is 46.5. The van der Waals surface area contributed by atoms with Crippen molar-refractivity contribution in [3.05, 3.63) is 50.6 Å². The summed E-state index contributed by atoms with van der Waals surface area (Å²) >= 11 is 1.42. The van der Waals surface area contributed by atoms with Crippen LogP contribution >= 0.6 is 11.3 Å². The van der Waals surface area contributed by atoms with E-state index in [1.807, 2.05) is 5.38 Å². The summed E-state index contributed by atoms with van der Waals surface area (Å²) in [6, 6.07) is 1.55. The first kappa shape index (κ1) is 19.5. The van der Waals surface area contributed by atoms with Crippen molar-refractivity contribution in [3.63, 3.8) is 0 Å². The Labute approximate surface area is 171 Å². The van der Waals surface area contributed by atoms with Crippen LogP contribution in [0.1, 0.15) is 27.4 Å². The zero-order valence-electron chi connectivity index (χ0n) is 16.6. The van der Waals surface area contributed by atoms with Gasteiger partial charge in [0.15, 0.2) is 4.96 Å². The molecule has 1 aliphatic heterocycles. The van der Waals surface area contributed by atoms with Gasteiger partial charge >= 0.3 is 0 Å². The molecular formula is C19H22N6O3S. The van der Waals surface area contributed by atoms with Gasteiger partial charge in [0.2, 0.25) is 0 Å². The number of piperazine rings is 1. The van der Waals surface area contributed by atoms with E-state index in [0.29, 0.717) is 54.6 Å². The van der Waals surface area contributed by atoms with Crippen LogP contribution in [-0.4, -0.2) is 66.8 Å². The quantitative estimate of drug-likeness (QED) is 0.459. The SMILES string of the molecule is Cc1nn(C)c(C)c1C(=O)C(=O)N1CCN(Cc2cc(=O)n3ccsc3n2)CC1. The standard InChI is InChI=1S/C19H22N6O3S/c1-12-16(13(2)22(3)21-12)17(27)18(28)24-6-4-23(5-7-24)11-14-10-15(26)25-8-9-29-19(25)20-14/h8-10H,4-7,11H2,1-3H3. The van der Waals surface area contributed by atoms with Crippen molar-refractivity contribution in [2.75, 3.05) is 26.2 Å². The lowest BCUT2D eigenvalue weighted by Crippen LogP contribution is -2.50. The molecule has 4 rings (SSSR count). The van der Waals surface area contributed by atoms with E-state index in [1.54, 1.807) is 42.7 Å². The second-order valence-electron chi connectivity index (χ2n) is 7.21. The summed E-state index contributed by atoms with van der Waals surface area (Å²) in [6.07, 6.45) is 1.71. The lowest BCUT2D eigenvalue weighted by Gasteiger charge is -2.34. The summed E-state index contributed by atoms with van der Waals surface area (Å²) in [5, 5.41) is 6.06. The molecule has 0 radical (unpaired) electrons. The summed E-state index contributed by atoms with van der Waals surface area (Å²) in [5.74, 6) is -0.986. The number of hydrogen-bond donors (Lipinski definition) is 0. The predicted molar refractivity (Wildman–Crippen MR) is 108 cm³/mol. The molecule has 1 amide bonds. The van der Waals surface area contributed by atoms with Crippen LogP contribution in [0.2, 0.25) is 0 Å². The van der Waals surface area contributed by atoms with Crippen molar-refractivity contribution in [2.24, 2.45) is 7.05 Å². The molecule has 0 atom stereocenters. The van der Waals surface area contributed by atoms with Crippen LogP contribution in [-0.2, 0) is 18.4 Å². The fourth-order valence-electron chi connectivity index (χ4n) is 3.66. The van der Waals surface area contributed by atoms with E-state index in [9.17, 15) is 14.4 Å². The Balaban J connectivity index is 1.40. The van der Waals surface area contributed by atoms with Gasteiger partial charge in [-0.05, 0) is 13.8 Å². The topological polar surface area (TPSA) is 92.8 Å². The van der Waals surface area contributed by atoms with Crippen molar-refractivity contribution in [1.29, 1.82) is 0 Å². The van der Waals surface area contributed by atoms with Crippen molar-refractivity contribution in [2.45, 2.75) is 20.4 Å². The molecule has 3 aromatic heterocycles. The van der Waals surface area contributed by atoms with Crippen molar-refractivity contribution >= 4 is 28.0 Å². The largest absolute Gasteiger partial charge is 0.333 e. The number of aryl methyl sites for hydroxylation is 2. The monoisotopic (exact) mass is 414 g/mol. The van der Waals surface area contributed by atoms with E-state index in [4.69, 9.17) is 0 Å². The third-order valence-electron chi connectivity index (χ3n) is 5.33. The summed E-state index contributed by atoms with van der Waals surface area (Å²) in [5.41, 5.74) is 2.29. The maximum Gasteiger partial charge on any atom is 0.295 e. The summed E-state index contributed by atoms with van der Waals surface area (Å²) in [7, 11) is 1.76. The highest BCUT2D eigenvalue weighted by Gasteiger charge is 2.30. The van der Waals surface area contributed by atoms with Gasteiger partial charge < -0.3 is 4.90 Å². The molecule has 0 N–H and O–H groups in total. The number of carbonyl (C=O) groups is 2. The van der Waals surface area contributed by atoms with Gasteiger partial charge in [-0.1, -0.05) is 0 Å². The first-order valence-electron chi connectivity index (χ1n) is 9.37. The van der Waals surface area contributed by atoms with Crippen LogP contribution in [0, 0.1) is 13.8 Å². The molecular weight excluding hydrogens is 392 g/mol. The van der Waals surface area contributed by atoms with Crippen LogP contribution in [0.3, 0.4) is 0 Å². The van der Waals surface area contributed by atoms with Crippen molar-refractivity contribution in [3.8, 4) is 0 Å². The first-order valence-corrected chi connectivity index (χ1v) is 10.2. The maximum absolute atomic E-state index is 12.7. The van der Waals surface area contributed by atoms with Gasteiger partial charge in [0.05, 0.1) is 17.0 Å². The molecule has 1 fully saturated rings. The van der Waals surface area contributed by atoms with Crippen LogP contribution in [0.4, 0.5) is 0 Å². The zero-order chi connectivity index (χ0) is 20.7. The molecule has 9 nitrogen and oxygen atoms in total. The number of rotatable bonds is 4. The molecule has 29 heavy (non-hydrogen) atoms. The number of carbonyl (C=O) groups excluding carboxylic acids is 2. The van der Waals surface area contributed by atoms with E-state index >= 15 is 0 Å². The molecule has 0 bridgehead atoms. The second kappa shape index (κ2) is 7.53. The van der Waals surface area contributed by atoms with Crippen LogP contribution in [0.25, 0.3) is 4.96 Å². The number of nitrogens with zero attached hydrogens (tertiary/aromatic N) is 6. The highest BCUT2D eigenvalue weighted by Crippen LogP contribution is 2.15. The fourth-order valence-corrected chi connectivity index (χ4v) is 4.40. The second-order valence-corrected chi connectivity index (χ2v) is 8.08. The number of thiazole rings is 1. The van der Waals surface area contributed by atoms with Crippen LogP contribution in [0.15, 0.2) is 22.4 Å². The number of fused-ring (bicyclic) bond motifs is 1. The smallest absolute Gasteiger partial charge is 0.295 e. The predicted octanol–water partition coefficient (Wildman–Crippen LogP) is 0.633. The molecule has 0 aliphatic carbocycles. The molecule has 0 unspecified atom stereocenters. The minimum atomic E-state index is -0.501. The average Bonchev–Trinajstić information content (AvgIpc) is 3.26. The van der Waals surface area contributed by atoms with Gasteiger partial charge in [-0.15, -0.1) is 11.3 Å². The lowest BCUT2D eigenvalue weighted by atomic mass is 10.1. The van der Waals surface area contributed by atoms with Gasteiger partial charge in [0.25, 0.3) is 17.2 Å². The van der Waals surface area contributed by atoms with Crippen molar-refractivity contribution in [1.82, 2.24) is 29.0 Å². The number of hydrogen-bond acceptors (Lipinski definition) is 7. The molecule has 3 aromatic rings. The Morgan fingerprint density at radius 3 is 2.55 bits per heavy atom. The van der Waals surface area contributed by atoms with E-state index in [1.165, 1.54) is 15.7 Å². The summed E-state index contributed by atoms with van der Waals surface area (Å²) < 4.78 is 3.15. The number of ketones is 1. The third kappa shape index (κ3) is 3.60. The molecule has 0 aromatic carbocycles.